The third kappa shape index (κ3) is 4.54. The summed E-state index contributed by atoms with van der Waals surface area (Å²) >= 11 is 0. The maximum Gasteiger partial charge on any atom is 0.180 e. The molecule has 0 aliphatic rings. The Bertz CT molecular complexity index is 2850. The van der Waals surface area contributed by atoms with Gasteiger partial charge < -0.3 is 8.98 Å². The Morgan fingerprint density at radius 3 is 1.90 bits per heavy atom. The summed E-state index contributed by atoms with van der Waals surface area (Å²) in [4.78, 5) is 10.1. The van der Waals surface area contributed by atoms with E-state index in [1.165, 1.54) is 27.4 Å². The molecule has 0 radical (unpaired) electrons. The number of nitrogens with zero attached hydrogens (tertiary/aromatic N) is 3. The zero-order valence-electron chi connectivity index (χ0n) is 27.0. The summed E-state index contributed by atoms with van der Waals surface area (Å²) in [7, 11) is 0. The van der Waals surface area contributed by atoms with E-state index in [1.54, 1.807) is 0 Å². The molecule has 3 aromatic heterocycles. The molecule has 0 amide bonds. The topological polar surface area (TPSA) is 43.9 Å². The van der Waals surface area contributed by atoms with Gasteiger partial charge in [-0.25, -0.2) is 9.97 Å². The number of hydrogen-bond donors (Lipinski definition) is 0. The average Bonchev–Trinajstić information content (AvgIpc) is 3.74. The van der Waals surface area contributed by atoms with Crippen molar-refractivity contribution in [3.8, 4) is 50.6 Å². The number of benzene rings is 7. The van der Waals surface area contributed by atoms with Gasteiger partial charge in [-0.05, 0) is 53.1 Å². The summed E-state index contributed by atoms with van der Waals surface area (Å²) < 4.78 is 8.91. The summed E-state index contributed by atoms with van der Waals surface area (Å²) in [5, 5.41) is 3.45. The molecule has 0 aliphatic heterocycles. The molecule has 0 saturated carbocycles. The number of fused-ring (bicyclic) bond motifs is 6. The van der Waals surface area contributed by atoms with Crippen LogP contribution in [-0.4, -0.2) is 14.5 Å². The van der Waals surface area contributed by atoms with Crippen LogP contribution < -0.4 is 0 Å². The van der Waals surface area contributed by atoms with Gasteiger partial charge in [-0.1, -0.05) is 140 Å². The summed E-state index contributed by atoms with van der Waals surface area (Å²) in [5.41, 5.74) is 13.1. The summed E-state index contributed by atoms with van der Waals surface area (Å²) in [5.74, 6) is 0.675. The molecule has 234 valence electrons. The maximum absolute atomic E-state index is 6.52. The second-order valence-corrected chi connectivity index (χ2v) is 12.6. The molecule has 50 heavy (non-hydrogen) atoms. The normalized spacial score (nSPS) is 11.6. The lowest BCUT2D eigenvalue weighted by Crippen LogP contribution is -1.95. The van der Waals surface area contributed by atoms with E-state index in [4.69, 9.17) is 14.4 Å². The van der Waals surface area contributed by atoms with E-state index >= 15 is 0 Å². The van der Waals surface area contributed by atoms with Crippen LogP contribution in [0.5, 0.6) is 0 Å². The minimum Gasteiger partial charge on any atom is -0.452 e. The second-order valence-electron chi connectivity index (χ2n) is 12.6. The van der Waals surface area contributed by atoms with Crippen molar-refractivity contribution >= 4 is 43.9 Å². The number of hydrogen-bond acceptors (Lipinski definition) is 3. The molecular formula is C46H29N3O. The molecule has 4 heteroatoms. The van der Waals surface area contributed by atoms with E-state index < -0.39 is 0 Å². The fourth-order valence-corrected chi connectivity index (χ4v) is 7.29. The standard InChI is InChI=1S/C46H29N3O/c1-4-14-30(15-5-1)42-45-43(48-46(47-42)31-16-6-2-7-17-31)39-29-33(26-27-41(39)50-45)32-18-12-19-34(28-32)36-23-13-24-38-37-22-10-11-25-40(37)49(44(36)38)35-20-8-3-9-21-35/h1-29H. The first-order valence-corrected chi connectivity index (χ1v) is 16.8. The number of aromatic nitrogens is 3. The Kier molecular flexibility index (Phi) is 6.46. The molecule has 10 aromatic rings. The van der Waals surface area contributed by atoms with Crippen molar-refractivity contribution in [2.45, 2.75) is 0 Å². The highest BCUT2D eigenvalue weighted by Gasteiger charge is 2.20. The first-order chi connectivity index (χ1) is 24.8. The van der Waals surface area contributed by atoms with Crippen LogP contribution >= 0.6 is 0 Å². The lowest BCUT2D eigenvalue weighted by molar-refractivity contribution is 0.667. The van der Waals surface area contributed by atoms with E-state index in [9.17, 15) is 0 Å². The molecule has 0 atom stereocenters. The Morgan fingerprint density at radius 2 is 1.08 bits per heavy atom. The third-order valence-corrected chi connectivity index (χ3v) is 9.61. The van der Waals surface area contributed by atoms with Crippen LogP contribution in [-0.2, 0) is 0 Å². The number of furan rings is 1. The Labute approximate surface area is 288 Å². The van der Waals surface area contributed by atoms with Crippen LogP contribution in [0.1, 0.15) is 0 Å². The fourth-order valence-electron chi connectivity index (χ4n) is 7.29. The Balaban J connectivity index is 1.16. The van der Waals surface area contributed by atoms with Crippen molar-refractivity contribution in [3.63, 3.8) is 0 Å². The zero-order chi connectivity index (χ0) is 33.0. The van der Waals surface area contributed by atoms with Gasteiger partial charge in [0.25, 0.3) is 0 Å². The monoisotopic (exact) mass is 639 g/mol. The molecule has 4 nitrogen and oxygen atoms in total. The van der Waals surface area contributed by atoms with Crippen molar-refractivity contribution in [2.24, 2.45) is 0 Å². The van der Waals surface area contributed by atoms with Crippen LogP contribution in [0.15, 0.2) is 180 Å². The maximum atomic E-state index is 6.52. The van der Waals surface area contributed by atoms with Gasteiger partial charge >= 0.3 is 0 Å². The molecule has 0 fully saturated rings. The fraction of sp³-hybridized carbons (Fsp3) is 0. The highest BCUT2D eigenvalue weighted by Crippen LogP contribution is 2.40. The quantitative estimate of drug-likeness (QED) is 0.188. The van der Waals surface area contributed by atoms with Crippen molar-refractivity contribution in [1.29, 1.82) is 0 Å². The first kappa shape index (κ1) is 28.3. The molecule has 0 N–H and O–H groups in total. The van der Waals surface area contributed by atoms with Gasteiger partial charge in [-0.15, -0.1) is 0 Å². The lowest BCUT2D eigenvalue weighted by atomic mass is 9.96. The van der Waals surface area contributed by atoms with Crippen molar-refractivity contribution in [3.05, 3.63) is 176 Å². The largest absolute Gasteiger partial charge is 0.452 e. The van der Waals surface area contributed by atoms with Crippen LogP contribution in [0, 0.1) is 0 Å². The average molecular weight is 640 g/mol. The predicted molar refractivity (Wildman–Crippen MR) is 205 cm³/mol. The minimum absolute atomic E-state index is 0.675. The molecular weight excluding hydrogens is 611 g/mol. The van der Waals surface area contributed by atoms with Crippen molar-refractivity contribution in [1.82, 2.24) is 14.5 Å². The summed E-state index contributed by atoms with van der Waals surface area (Å²) in [6, 6.07) is 61.5. The van der Waals surface area contributed by atoms with Gasteiger partial charge in [0.15, 0.2) is 11.4 Å². The van der Waals surface area contributed by atoms with E-state index in [0.717, 1.165) is 55.7 Å². The highest BCUT2D eigenvalue weighted by molar-refractivity contribution is 6.14. The van der Waals surface area contributed by atoms with E-state index in [1.807, 2.05) is 48.5 Å². The minimum atomic E-state index is 0.675. The summed E-state index contributed by atoms with van der Waals surface area (Å²) in [6.07, 6.45) is 0. The molecule has 10 rings (SSSR count). The number of para-hydroxylation sites is 3. The Morgan fingerprint density at radius 1 is 0.440 bits per heavy atom. The predicted octanol–water partition coefficient (Wildman–Crippen LogP) is 12.1. The molecule has 0 saturated heterocycles. The van der Waals surface area contributed by atoms with E-state index in [-0.39, 0.29) is 0 Å². The molecule has 7 aromatic carbocycles. The van der Waals surface area contributed by atoms with Gasteiger partial charge in [-0.3, -0.25) is 0 Å². The molecule has 0 spiro atoms. The van der Waals surface area contributed by atoms with Crippen molar-refractivity contribution < 1.29 is 4.42 Å². The molecule has 0 aliphatic carbocycles. The second kappa shape index (κ2) is 11.4. The number of rotatable bonds is 5. The van der Waals surface area contributed by atoms with Crippen molar-refractivity contribution in [2.75, 3.05) is 0 Å². The van der Waals surface area contributed by atoms with Crippen LogP contribution in [0.25, 0.3) is 94.5 Å². The van der Waals surface area contributed by atoms with E-state index in [2.05, 4.69) is 132 Å². The van der Waals surface area contributed by atoms with Crippen LogP contribution in [0.2, 0.25) is 0 Å². The SMILES string of the molecule is c1ccc(-c2nc(-c3ccccc3)c3oc4ccc(-c5cccc(-c6cccc7c8ccccc8n(-c8ccccc8)c67)c5)cc4c3n2)cc1. The highest BCUT2D eigenvalue weighted by atomic mass is 16.3. The molecule has 0 unspecified atom stereocenters. The molecule has 3 heterocycles. The summed E-state index contributed by atoms with van der Waals surface area (Å²) in [6.45, 7) is 0. The lowest BCUT2D eigenvalue weighted by Gasteiger charge is -2.12. The molecule has 0 bridgehead atoms. The van der Waals surface area contributed by atoms with Gasteiger partial charge in [0, 0.05) is 38.5 Å². The third-order valence-electron chi connectivity index (χ3n) is 9.61. The first-order valence-electron chi connectivity index (χ1n) is 16.8. The smallest absolute Gasteiger partial charge is 0.180 e. The van der Waals surface area contributed by atoms with Gasteiger partial charge in [-0.2, -0.15) is 0 Å². The van der Waals surface area contributed by atoms with Gasteiger partial charge in [0.2, 0.25) is 0 Å². The zero-order valence-corrected chi connectivity index (χ0v) is 27.0. The van der Waals surface area contributed by atoms with Crippen LogP contribution in [0.4, 0.5) is 0 Å². The van der Waals surface area contributed by atoms with Gasteiger partial charge in [0.1, 0.15) is 16.8 Å². The van der Waals surface area contributed by atoms with Crippen LogP contribution in [0.3, 0.4) is 0 Å². The van der Waals surface area contributed by atoms with E-state index in [0.29, 0.717) is 11.4 Å². The van der Waals surface area contributed by atoms with Gasteiger partial charge in [0.05, 0.1) is 11.0 Å². The Hall–Kier alpha value is -6.78.